The Bertz CT molecular complexity index is 560. The Morgan fingerprint density at radius 1 is 1.25 bits per heavy atom. The van der Waals surface area contributed by atoms with Gasteiger partial charge in [0.15, 0.2) is 0 Å². The van der Waals surface area contributed by atoms with Crippen LogP contribution in [-0.4, -0.2) is 16.5 Å². The quantitative estimate of drug-likeness (QED) is 0.775. The Labute approximate surface area is 126 Å². The largest absolute Gasteiger partial charge is 0.392 e. The van der Waals surface area contributed by atoms with Gasteiger partial charge in [-0.25, -0.2) is 0 Å². The first-order valence-corrected chi connectivity index (χ1v) is 6.79. The van der Waals surface area contributed by atoms with E-state index in [1.807, 2.05) is 68.5 Å². The fourth-order valence-corrected chi connectivity index (χ4v) is 1.65. The summed E-state index contributed by atoms with van der Waals surface area (Å²) >= 11 is 4.38. The topological polar surface area (TPSA) is 44.0 Å². The number of thiol groups is 1. The SMILES string of the molecule is CC1(S)C=CC=C(CO)C=C1.Cc1ccc(C#N)cc1. The smallest absolute Gasteiger partial charge is 0.0991 e. The zero-order valence-corrected chi connectivity index (χ0v) is 12.6. The van der Waals surface area contributed by atoms with E-state index in [9.17, 15) is 0 Å². The van der Waals surface area contributed by atoms with Crippen LogP contribution >= 0.6 is 12.6 Å². The van der Waals surface area contributed by atoms with E-state index in [-0.39, 0.29) is 11.4 Å². The van der Waals surface area contributed by atoms with Crippen molar-refractivity contribution in [1.29, 1.82) is 5.26 Å². The first kappa shape index (κ1) is 16.3. The second kappa shape index (κ2) is 7.74. The van der Waals surface area contributed by atoms with E-state index in [0.29, 0.717) is 0 Å². The second-order valence-electron chi connectivity index (χ2n) is 4.80. The third-order valence-corrected chi connectivity index (χ3v) is 3.04. The van der Waals surface area contributed by atoms with Gasteiger partial charge in [-0.2, -0.15) is 17.9 Å². The number of nitrogens with zero attached hydrogens (tertiary/aromatic N) is 1. The molecular weight excluding hydrogens is 266 g/mol. The van der Waals surface area contributed by atoms with Crippen LogP contribution in [0.3, 0.4) is 0 Å². The van der Waals surface area contributed by atoms with Gasteiger partial charge in [-0.15, -0.1) is 0 Å². The number of aryl methyl sites for hydroxylation is 1. The zero-order valence-electron chi connectivity index (χ0n) is 11.7. The van der Waals surface area contributed by atoms with Crippen molar-refractivity contribution in [3.63, 3.8) is 0 Å². The van der Waals surface area contributed by atoms with E-state index in [1.165, 1.54) is 5.56 Å². The standard InChI is InChI=1S/C9H12OS.C8H7N/c1-9(11)5-2-3-8(7-10)4-6-9;1-7-2-4-8(6-9)5-3-7/h2-6,10-11H,7H2,1H3;2-5H,1H3. The summed E-state index contributed by atoms with van der Waals surface area (Å²) in [6, 6.07) is 9.54. The second-order valence-corrected chi connectivity index (χ2v) is 5.76. The van der Waals surface area contributed by atoms with Crippen molar-refractivity contribution in [3.8, 4) is 6.07 Å². The Kier molecular flexibility index (Phi) is 6.30. The van der Waals surface area contributed by atoms with E-state index in [2.05, 4.69) is 18.7 Å². The molecule has 1 aliphatic rings. The van der Waals surface area contributed by atoms with Crippen molar-refractivity contribution in [2.24, 2.45) is 0 Å². The lowest BCUT2D eigenvalue weighted by molar-refractivity contribution is 0.335. The highest BCUT2D eigenvalue weighted by Gasteiger charge is 2.10. The highest BCUT2D eigenvalue weighted by molar-refractivity contribution is 7.82. The van der Waals surface area contributed by atoms with Gasteiger partial charge >= 0.3 is 0 Å². The number of hydrogen-bond acceptors (Lipinski definition) is 3. The summed E-state index contributed by atoms with van der Waals surface area (Å²) in [5.74, 6) is 0. The third kappa shape index (κ3) is 5.92. The first-order chi connectivity index (χ1) is 9.46. The molecule has 2 rings (SSSR count). The van der Waals surface area contributed by atoms with Gasteiger partial charge in [0.05, 0.1) is 18.2 Å². The molecule has 0 amide bonds. The normalized spacial score (nSPS) is 20.2. The number of nitriles is 1. The van der Waals surface area contributed by atoms with E-state index in [0.717, 1.165) is 11.1 Å². The Hall–Kier alpha value is -1.76. The maximum absolute atomic E-state index is 8.81. The minimum atomic E-state index is -0.187. The summed E-state index contributed by atoms with van der Waals surface area (Å²) in [4.78, 5) is 0. The molecule has 1 aromatic rings. The van der Waals surface area contributed by atoms with Crippen molar-refractivity contribution in [1.82, 2.24) is 0 Å². The summed E-state index contributed by atoms with van der Waals surface area (Å²) in [6.45, 7) is 4.09. The van der Waals surface area contributed by atoms with Crippen LogP contribution in [0.15, 0.2) is 60.2 Å². The molecule has 104 valence electrons. The Balaban J connectivity index is 0.000000204. The molecule has 0 spiro atoms. The molecule has 0 saturated carbocycles. The Morgan fingerprint density at radius 3 is 2.45 bits per heavy atom. The molecule has 0 aliphatic heterocycles. The average molecular weight is 285 g/mol. The predicted octanol–water partition coefficient (Wildman–Crippen LogP) is 3.59. The number of hydrogen-bond donors (Lipinski definition) is 2. The minimum Gasteiger partial charge on any atom is -0.392 e. The van der Waals surface area contributed by atoms with Gasteiger partial charge in [0.1, 0.15) is 0 Å². The monoisotopic (exact) mass is 285 g/mol. The molecule has 0 fully saturated rings. The molecule has 1 N–H and O–H groups in total. The van der Waals surface area contributed by atoms with Crippen LogP contribution in [0.2, 0.25) is 0 Å². The fourth-order valence-electron chi connectivity index (χ4n) is 1.49. The van der Waals surface area contributed by atoms with Crippen LogP contribution in [0, 0.1) is 18.3 Å². The Morgan fingerprint density at radius 2 is 1.90 bits per heavy atom. The number of benzene rings is 1. The van der Waals surface area contributed by atoms with Gasteiger partial charge < -0.3 is 5.11 Å². The van der Waals surface area contributed by atoms with Gasteiger partial charge in [-0.3, -0.25) is 0 Å². The number of allylic oxidation sites excluding steroid dienone is 2. The number of aliphatic hydroxyl groups is 1. The molecule has 3 heteroatoms. The minimum absolute atomic E-state index is 0.0880. The molecule has 1 atom stereocenters. The fraction of sp³-hybridized carbons (Fsp3) is 0.235. The van der Waals surface area contributed by atoms with E-state index in [1.54, 1.807) is 0 Å². The maximum atomic E-state index is 8.81. The molecule has 2 nitrogen and oxygen atoms in total. The van der Waals surface area contributed by atoms with E-state index < -0.39 is 0 Å². The lowest BCUT2D eigenvalue weighted by atomic mass is 10.1. The van der Waals surface area contributed by atoms with Gasteiger partial charge in [-0.1, -0.05) is 48.1 Å². The van der Waals surface area contributed by atoms with Gasteiger partial charge in [0.2, 0.25) is 0 Å². The van der Waals surface area contributed by atoms with Crippen molar-refractivity contribution in [3.05, 3.63) is 71.3 Å². The van der Waals surface area contributed by atoms with Crippen molar-refractivity contribution in [2.75, 3.05) is 6.61 Å². The van der Waals surface area contributed by atoms with Crippen LogP contribution in [0.1, 0.15) is 18.1 Å². The zero-order chi connectivity index (χ0) is 15.0. The van der Waals surface area contributed by atoms with Crippen molar-refractivity contribution in [2.45, 2.75) is 18.6 Å². The molecule has 0 bridgehead atoms. The van der Waals surface area contributed by atoms with E-state index in [4.69, 9.17) is 10.4 Å². The highest BCUT2D eigenvalue weighted by atomic mass is 32.1. The summed E-state index contributed by atoms with van der Waals surface area (Å²) in [7, 11) is 0. The summed E-state index contributed by atoms with van der Waals surface area (Å²) < 4.78 is -0.187. The number of rotatable bonds is 1. The van der Waals surface area contributed by atoms with E-state index >= 15 is 0 Å². The summed E-state index contributed by atoms with van der Waals surface area (Å²) in [5.41, 5.74) is 2.83. The van der Waals surface area contributed by atoms with Crippen LogP contribution in [-0.2, 0) is 0 Å². The summed E-state index contributed by atoms with van der Waals surface area (Å²) in [5, 5.41) is 17.2. The molecular formula is C17H19NOS. The van der Waals surface area contributed by atoms with Gasteiger partial charge in [0, 0.05) is 4.75 Å². The van der Waals surface area contributed by atoms with Gasteiger partial charge in [0.25, 0.3) is 0 Å². The van der Waals surface area contributed by atoms with Crippen LogP contribution in [0.4, 0.5) is 0 Å². The molecule has 1 aromatic carbocycles. The molecule has 20 heavy (non-hydrogen) atoms. The van der Waals surface area contributed by atoms with Crippen LogP contribution in [0.25, 0.3) is 0 Å². The third-order valence-electron chi connectivity index (χ3n) is 2.74. The van der Waals surface area contributed by atoms with Crippen molar-refractivity contribution >= 4 is 12.6 Å². The van der Waals surface area contributed by atoms with Crippen molar-refractivity contribution < 1.29 is 5.11 Å². The molecule has 1 aliphatic carbocycles. The molecule has 1 unspecified atom stereocenters. The molecule has 0 saturated heterocycles. The van der Waals surface area contributed by atoms with Crippen LogP contribution < -0.4 is 0 Å². The average Bonchev–Trinajstić information content (AvgIpc) is 2.61. The summed E-state index contributed by atoms with van der Waals surface area (Å²) in [6.07, 6.45) is 9.64. The molecule has 0 heterocycles. The highest BCUT2D eigenvalue weighted by Crippen LogP contribution is 2.20. The molecule has 0 radical (unpaired) electrons. The molecule has 0 aromatic heterocycles. The maximum Gasteiger partial charge on any atom is 0.0991 e. The first-order valence-electron chi connectivity index (χ1n) is 6.34. The van der Waals surface area contributed by atoms with Gasteiger partial charge in [-0.05, 0) is 31.6 Å². The lowest BCUT2D eigenvalue weighted by Crippen LogP contribution is -2.06. The van der Waals surface area contributed by atoms with Crippen LogP contribution in [0.5, 0.6) is 0 Å². The lowest BCUT2D eigenvalue weighted by Gasteiger charge is -2.11. The number of aliphatic hydroxyl groups excluding tert-OH is 1. The predicted molar refractivity (Wildman–Crippen MR) is 86.7 cm³/mol.